The van der Waals surface area contributed by atoms with Gasteiger partial charge in [0.1, 0.15) is 12.3 Å². The highest BCUT2D eigenvalue weighted by molar-refractivity contribution is 5.80. The second kappa shape index (κ2) is 9.28. The van der Waals surface area contributed by atoms with Crippen LogP contribution in [0, 0.1) is 0 Å². The lowest BCUT2D eigenvalue weighted by Crippen LogP contribution is -2.49. The molecule has 0 aliphatic carbocycles. The van der Waals surface area contributed by atoms with Crippen molar-refractivity contribution in [2.75, 3.05) is 37.7 Å². The number of hydrogen-bond acceptors (Lipinski definition) is 6. The maximum absolute atomic E-state index is 12.8. The van der Waals surface area contributed by atoms with Gasteiger partial charge in [-0.15, -0.1) is 10.2 Å². The third-order valence-corrected chi connectivity index (χ3v) is 5.90. The van der Waals surface area contributed by atoms with Gasteiger partial charge in [0.05, 0.1) is 29.7 Å². The number of hydrogen-bond donors (Lipinski definition) is 0. The molecule has 2 aromatic carbocycles. The second-order valence-corrected chi connectivity index (χ2v) is 7.96. The molecular formula is C25H26N6O2. The first-order valence-electron chi connectivity index (χ1n) is 11.2. The lowest BCUT2D eigenvalue weighted by atomic mass is 10.1. The number of ether oxygens (including phenoxy) is 1. The smallest absolute Gasteiger partial charge is 0.242 e. The Labute approximate surface area is 192 Å². The van der Waals surface area contributed by atoms with Crippen molar-refractivity contribution >= 4 is 22.8 Å². The lowest BCUT2D eigenvalue weighted by molar-refractivity contribution is -0.132. The number of fused-ring (bicyclic) bond motifs is 1. The number of piperazine rings is 1. The van der Waals surface area contributed by atoms with Gasteiger partial charge in [-0.1, -0.05) is 12.1 Å². The molecule has 0 unspecified atom stereocenters. The molecule has 33 heavy (non-hydrogen) atoms. The van der Waals surface area contributed by atoms with E-state index >= 15 is 0 Å². The third kappa shape index (κ3) is 4.50. The van der Waals surface area contributed by atoms with Crippen LogP contribution in [0.25, 0.3) is 22.3 Å². The minimum atomic E-state index is 0.106. The van der Waals surface area contributed by atoms with Crippen molar-refractivity contribution in [3.63, 3.8) is 0 Å². The molecule has 0 saturated carbocycles. The van der Waals surface area contributed by atoms with Crippen LogP contribution in [0.3, 0.4) is 0 Å². The van der Waals surface area contributed by atoms with Gasteiger partial charge in [-0.25, -0.2) is 4.98 Å². The zero-order valence-corrected chi connectivity index (χ0v) is 18.6. The van der Waals surface area contributed by atoms with E-state index in [9.17, 15) is 4.79 Å². The minimum Gasteiger partial charge on any atom is -0.494 e. The fourth-order valence-electron chi connectivity index (χ4n) is 4.10. The molecule has 1 aliphatic heterocycles. The molecule has 3 heterocycles. The van der Waals surface area contributed by atoms with Gasteiger partial charge in [0.25, 0.3) is 0 Å². The number of carbonyl (C=O) groups excluding carboxylic acids is 1. The van der Waals surface area contributed by atoms with Crippen molar-refractivity contribution in [3.8, 4) is 17.0 Å². The van der Waals surface area contributed by atoms with Crippen LogP contribution in [-0.2, 0) is 11.3 Å². The molecular weight excluding hydrogens is 416 g/mol. The van der Waals surface area contributed by atoms with E-state index in [2.05, 4.69) is 20.1 Å². The van der Waals surface area contributed by atoms with E-state index in [1.54, 1.807) is 6.33 Å². The first kappa shape index (κ1) is 20.9. The molecule has 2 aromatic heterocycles. The first-order valence-corrected chi connectivity index (χ1v) is 11.2. The van der Waals surface area contributed by atoms with Crippen molar-refractivity contribution in [2.24, 2.45) is 0 Å². The SMILES string of the molecule is CCOc1ccc(-c2ccc(N3CCN(C(=O)Cn4cnc5ccccc54)CC3)nn2)cc1. The predicted molar refractivity (Wildman–Crippen MR) is 127 cm³/mol. The lowest BCUT2D eigenvalue weighted by Gasteiger charge is -2.35. The topological polar surface area (TPSA) is 76.4 Å². The molecule has 0 spiro atoms. The van der Waals surface area contributed by atoms with Crippen molar-refractivity contribution < 1.29 is 9.53 Å². The summed E-state index contributed by atoms with van der Waals surface area (Å²) in [6.07, 6.45) is 1.74. The summed E-state index contributed by atoms with van der Waals surface area (Å²) in [5.41, 5.74) is 3.71. The Morgan fingerprint density at radius 3 is 2.45 bits per heavy atom. The van der Waals surface area contributed by atoms with Gasteiger partial charge in [0.2, 0.25) is 5.91 Å². The van der Waals surface area contributed by atoms with E-state index in [-0.39, 0.29) is 5.91 Å². The fourth-order valence-corrected chi connectivity index (χ4v) is 4.10. The van der Waals surface area contributed by atoms with Gasteiger partial charge in [-0.3, -0.25) is 4.79 Å². The van der Waals surface area contributed by atoms with Crippen LogP contribution in [0.1, 0.15) is 6.92 Å². The summed E-state index contributed by atoms with van der Waals surface area (Å²) in [6, 6.07) is 19.7. The zero-order chi connectivity index (χ0) is 22.6. The van der Waals surface area contributed by atoms with Crippen molar-refractivity contribution in [1.29, 1.82) is 0 Å². The molecule has 0 radical (unpaired) electrons. The summed E-state index contributed by atoms with van der Waals surface area (Å²) in [5, 5.41) is 8.84. The Balaban J connectivity index is 1.18. The molecule has 1 amide bonds. The Hall–Kier alpha value is -3.94. The van der Waals surface area contributed by atoms with Crippen molar-refractivity contribution in [1.82, 2.24) is 24.6 Å². The van der Waals surface area contributed by atoms with Gasteiger partial charge in [-0.2, -0.15) is 0 Å². The number of aromatic nitrogens is 4. The maximum atomic E-state index is 12.8. The molecule has 1 aliphatic rings. The van der Waals surface area contributed by atoms with Crippen molar-refractivity contribution in [2.45, 2.75) is 13.5 Å². The van der Waals surface area contributed by atoms with Crippen LogP contribution < -0.4 is 9.64 Å². The molecule has 0 N–H and O–H groups in total. The normalized spacial score (nSPS) is 14.0. The summed E-state index contributed by atoms with van der Waals surface area (Å²) >= 11 is 0. The van der Waals surface area contributed by atoms with Gasteiger partial charge in [0.15, 0.2) is 5.82 Å². The van der Waals surface area contributed by atoms with E-state index in [0.29, 0.717) is 26.2 Å². The molecule has 1 saturated heterocycles. The van der Waals surface area contributed by atoms with Crippen LogP contribution in [0.4, 0.5) is 5.82 Å². The maximum Gasteiger partial charge on any atom is 0.242 e. The van der Waals surface area contributed by atoms with Crippen LogP contribution in [-0.4, -0.2) is 63.3 Å². The van der Waals surface area contributed by atoms with E-state index < -0.39 is 0 Å². The molecule has 0 atom stereocenters. The van der Waals surface area contributed by atoms with Crippen LogP contribution in [0.2, 0.25) is 0 Å². The van der Waals surface area contributed by atoms with Crippen LogP contribution in [0.15, 0.2) is 67.0 Å². The molecule has 8 nitrogen and oxygen atoms in total. The summed E-state index contributed by atoms with van der Waals surface area (Å²) < 4.78 is 7.41. The number of nitrogens with zero attached hydrogens (tertiary/aromatic N) is 6. The van der Waals surface area contributed by atoms with Crippen LogP contribution >= 0.6 is 0 Å². The summed E-state index contributed by atoms with van der Waals surface area (Å²) in [6.45, 7) is 5.70. The largest absolute Gasteiger partial charge is 0.494 e. The number of amides is 1. The number of rotatable bonds is 6. The van der Waals surface area contributed by atoms with Gasteiger partial charge in [0, 0.05) is 31.7 Å². The monoisotopic (exact) mass is 442 g/mol. The Kier molecular flexibility index (Phi) is 5.89. The van der Waals surface area contributed by atoms with Crippen LogP contribution in [0.5, 0.6) is 5.75 Å². The second-order valence-electron chi connectivity index (χ2n) is 7.96. The Morgan fingerprint density at radius 1 is 0.939 bits per heavy atom. The summed E-state index contributed by atoms with van der Waals surface area (Å²) in [4.78, 5) is 21.3. The summed E-state index contributed by atoms with van der Waals surface area (Å²) in [5.74, 6) is 1.78. The summed E-state index contributed by atoms with van der Waals surface area (Å²) in [7, 11) is 0. The van der Waals surface area contributed by atoms with E-state index in [1.807, 2.05) is 77.1 Å². The minimum absolute atomic E-state index is 0.106. The number of imidazole rings is 1. The molecule has 1 fully saturated rings. The third-order valence-electron chi connectivity index (χ3n) is 5.90. The van der Waals surface area contributed by atoms with Gasteiger partial charge >= 0.3 is 0 Å². The highest BCUT2D eigenvalue weighted by Gasteiger charge is 2.22. The van der Waals surface area contributed by atoms with Crippen molar-refractivity contribution in [3.05, 3.63) is 67.0 Å². The van der Waals surface area contributed by atoms with Gasteiger partial charge < -0.3 is 19.1 Å². The van der Waals surface area contributed by atoms with E-state index in [4.69, 9.17) is 4.74 Å². The molecule has 168 valence electrons. The average Bonchev–Trinajstić information content (AvgIpc) is 3.28. The first-order chi connectivity index (χ1) is 16.2. The Bertz CT molecular complexity index is 1230. The predicted octanol–water partition coefficient (Wildman–Crippen LogP) is 3.24. The number of anilines is 1. The number of para-hydroxylation sites is 2. The van der Waals surface area contributed by atoms with Gasteiger partial charge in [-0.05, 0) is 55.5 Å². The highest BCUT2D eigenvalue weighted by Crippen LogP contribution is 2.22. The molecule has 5 rings (SSSR count). The molecule has 4 aromatic rings. The number of benzene rings is 2. The highest BCUT2D eigenvalue weighted by atomic mass is 16.5. The standard InChI is InChI=1S/C25H26N6O2/c1-2-33-20-9-7-19(8-10-20)21-11-12-24(28-27-21)29-13-15-30(16-14-29)25(32)17-31-18-26-22-5-3-4-6-23(22)31/h3-12,18H,2,13-17H2,1H3. The van der Waals surface area contributed by atoms with E-state index in [0.717, 1.165) is 46.9 Å². The molecule has 0 bridgehead atoms. The average molecular weight is 443 g/mol. The van der Waals surface area contributed by atoms with E-state index in [1.165, 1.54) is 0 Å². The molecule has 8 heteroatoms. The quantitative estimate of drug-likeness (QED) is 0.456. The zero-order valence-electron chi connectivity index (χ0n) is 18.6. The fraction of sp³-hybridized carbons (Fsp3) is 0.280. The Morgan fingerprint density at radius 2 is 1.73 bits per heavy atom. The number of carbonyl (C=O) groups is 1.